The van der Waals surface area contributed by atoms with Gasteiger partial charge in [-0.2, -0.15) is 9.18 Å². The van der Waals surface area contributed by atoms with Gasteiger partial charge in [0.05, 0.1) is 0 Å². The number of carbonyl (C=O) groups is 1. The van der Waals surface area contributed by atoms with Crippen molar-refractivity contribution in [1.29, 1.82) is 0 Å². The minimum atomic E-state index is -1.51. The minimum absolute atomic E-state index is 0.0894. The Morgan fingerprint density at radius 1 is 1.36 bits per heavy atom. The molecule has 1 rings (SSSR count). The van der Waals surface area contributed by atoms with Gasteiger partial charge in [0.2, 0.25) is 11.1 Å². The third-order valence-electron chi connectivity index (χ3n) is 4.28. The Morgan fingerprint density at radius 2 is 1.95 bits per heavy atom. The van der Waals surface area contributed by atoms with Crippen LogP contribution in [0, 0.1) is 17.8 Å². The number of rotatable bonds is 6. The molecular weight excluding hydrogens is 302 g/mol. The van der Waals surface area contributed by atoms with Crippen LogP contribution < -0.4 is 5.73 Å². The largest absolute Gasteiger partial charge is 0.387 e. The van der Waals surface area contributed by atoms with Crippen LogP contribution in [0.15, 0.2) is 4.99 Å². The topological polar surface area (TPSA) is 85.0 Å². The van der Waals surface area contributed by atoms with Crippen LogP contribution in [-0.2, 0) is 19.5 Å². The van der Waals surface area contributed by atoms with E-state index in [1.165, 1.54) is 0 Å². The number of amides is 2. The van der Waals surface area contributed by atoms with E-state index < -0.39 is 11.1 Å². The molecule has 0 radical (unpaired) electrons. The molecule has 7 heteroatoms. The molecule has 0 saturated carbocycles. The molecule has 0 spiro atoms. The number of likely N-dealkylation sites (tertiary alicyclic amines) is 1. The molecule has 1 unspecified atom stereocenters. The number of hydrogen-bond donors (Lipinski definition) is 1. The summed E-state index contributed by atoms with van der Waals surface area (Å²) in [6, 6.07) is -0.219. The normalized spacial score (nSPS) is 20.2. The molecule has 1 fully saturated rings. The number of thiol groups is 1. The third kappa shape index (κ3) is 6.44. The summed E-state index contributed by atoms with van der Waals surface area (Å²) in [5.74, 6) is 1.57. The van der Waals surface area contributed by atoms with Gasteiger partial charge in [0.1, 0.15) is 18.7 Å². The Balaban J connectivity index is 2.38. The summed E-state index contributed by atoms with van der Waals surface area (Å²) in [5.41, 5.74) is 5.74. The van der Waals surface area contributed by atoms with Crippen LogP contribution in [0.1, 0.15) is 40.0 Å². The summed E-state index contributed by atoms with van der Waals surface area (Å²) < 4.78 is 16.1. The number of aliphatic imine (C=N–C) groups is 1. The van der Waals surface area contributed by atoms with Crippen LogP contribution in [-0.4, -0.2) is 42.7 Å². The van der Waals surface area contributed by atoms with Crippen LogP contribution in [0.25, 0.3) is 0 Å². The zero-order chi connectivity index (χ0) is 16.7. The van der Waals surface area contributed by atoms with Crippen molar-refractivity contribution >= 4 is 22.9 Å². The zero-order valence-corrected chi connectivity index (χ0v) is 15.0. The fraction of sp³-hybridized carbons (Fsp3) is 0.867. The quantitative estimate of drug-likeness (QED) is 0.349. The van der Waals surface area contributed by atoms with Crippen molar-refractivity contribution in [2.24, 2.45) is 28.5 Å². The van der Waals surface area contributed by atoms with Gasteiger partial charge in [-0.1, -0.05) is 25.0 Å². The van der Waals surface area contributed by atoms with Gasteiger partial charge in [0.25, 0.3) is 0 Å². The second-order valence-corrected chi connectivity index (χ2v) is 7.47. The molecule has 2 amide bonds. The molecular formula is C15H30N3O3S+. The first kappa shape index (κ1) is 19.1. The fourth-order valence-corrected chi connectivity index (χ4v) is 2.94. The molecule has 1 aliphatic rings. The fourth-order valence-electron chi connectivity index (χ4n) is 2.57. The number of piperidine rings is 1. The van der Waals surface area contributed by atoms with Gasteiger partial charge < -0.3 is 10.6 Å². The van der Waals surface area contributed by atoms with E-state index in [9.17, 15) is 9.00 Å². The first-order chi connectivity index (χ1) is 10.3. The highest BCUT2D eigenvalue weighted by Gasteiger charge is 2.26. The van der Waals surface area contributed by atoms with E-state index >= 15 is 0 Å². The molecule has 1 saturated heterocycles. The van der Waals surface area contributed by atoms with Gasteiger partial charge in [-0.3, -0.25) is 0 Å². The highest BCUT2D eigenvalue weighted by atomic mass is 32.2. The Labute approximate surface area is 136 Å². The van der Waals surface area contributed by atoms with Gasteiger partial charge in [-0.05, 0) is 31.1 Å². The van der Waals surface area contributed by atoms with Crippen molar-refractivity contribution in [3.05, 3.63) is 0 Å². The van der Waals surface area contributed by atoms with Crippen molar-refractivity contribution in [2.75, 3.05) is 26.0 Å². The summed E-state index contributed by atoms with van der Waals surface area (Å²) in [5, 5.41) is 0. The number of nitrogens with zero attached hydrogens (tertiary/aromatic N) is 2. The highest BCUT2D eigenvalue weighted by Crippen LogP contribution is 2.27. The van der Waals surface area contributed by atoms with E-state index in [0.29, 0.717) is 24.3 Å². The van der Waals surface area contributed by atoms with Crippen molar-refractivity contribution < 1.29 is 13.2 Å². The van der Waals surface area contributed by atoms with Crippen LogP contribution in [0.5, 0.6) is 0 Å². The second-order valence-electron chi connectivity index (χ2n) is 6.34. The predicted molar refractivity (Wildman–Crippen MR) is 91.3 cm³/mol. The number of hydrogen-bond acceptors (Lipinski definition) is 3. The average molecular weight is 332 g/mol. The molecule has 0 aliphatic carbocycles. The van der Waals surface area contributed by atoms with E-state index in [-0.39, 0.29) is 11.9 Å². The maximum absolute atomic E-state index is 12.0. The lowest BCUT2D eigenvalue weighted by Crippen LogP contribution is -2.39. The molecule has 1 aliphatic heterocycles. The lowest BCUT2D eigenvalue weighted by molar-refractivity contribution is 0.151. The number of amidine groups is 1. The minimum Gasteiger partial charge on any atom is -0.387 e. The molecule has 2 N–H and O–H groups in total. The summed E-state index contributed by atoms with van der Waals surface area (Å²) in [6.07, 6.45) is 4.43. The molecule has 128 valence electrons. The number of urea groups is 1. The first-order valence-electron chi connectivity index (χ1n) is 7.98. The molecule has 6 nitrogen and oxygen atoms in total. The molecule has 0 aromatic rings. The Morgan fingerprint density at radius 3 is 2.45 bits per heavy atom. The zero-order valence-electron chi connectivity index (χ0n) is 14.1. The van der Waals surface area contributed by atoms with E-state index in [1.807, 2.05) is 13.8 Å². The Hall–Kier alpha value is -0.950. The molecule has 2 atom stereocenters. The lowest BCUT2D eigenvalue weighted by atomic mass is 9.84. The van der Waals surface area contributed by atoms with Crippen LogP contribution in [0.2, 0.25) is 0 Å². The molecule has 1 heterocycles. The Bertz CT molecular complexity index is 418. The van der Waals surface area contributed by atoms with Gasteiger partial charge in [-0.15, -0.1) is 0 Å². The summed E-state index contributed by atoms with van der Waals surface area (Å²) in [4.78, 5) is 17.8. The Kier molecular flexibility index (Phi) is 8.03. The summed E-state index contributed by atoms with van der Waals surface area (Å²) in [7, 11) is 0. The predicted octanol–water partition coefficient (Wildman–Crippen LogP) is 2.12. The van der Waals surface area contributed by atoms with E-state index in [0.717, 1.165) is 32.4 Å². The van der Waals surface area contributed by atoms with E-state index in [1.54, 1.807) is 11.2 Å². The molecule has 0 aromatic carbocycles. The van der Waals surface area contributed by atoms with Crippen molar-refractivity contribution in [3.63, 3.8) is 0 Å². The average Bonchev–Trinajstić information content (AvgIpc) is 2.46. The summed E-state index contributed by atoms with van der Waals surface area (Å²) in [6.45, 7) is 8.04. The standard InChI is InChI=1S/C15H29N3O3S/c1-11(2)14(16)17-15(19)18-8-5-13(6-9-18)12(3)7-10-21-22(4)20/h11-13H,5-10H2,1-4H3,(H2,16,17,19)/p+1/t12-,22?/m1/s1. The lowest BCUT2D eigenvalue weighted by Gasteiger charge is -2.33. The van der Waals surface area contributed by atoms with Gasteiger partial charge >= 0.3 is 6.03 Å². The van der Waals surface area contributed by atoms with Crippen molar-refractivity contribution in [2.45, 2.75) is 40.0 Å². The molecule has 22 heavy (non-hydrogen) atoms. The molecule has 0 bridgehead atoms. The second kappa shape index (κ2) is 9.25. The number of carbonyl (C=O) groups excluding carboxylic acids is 1. The van der Waals surface area contributed by atoms with Gasteiger partial charge in [-0.25, -0.2) is 4.79 Å². The maximum Gasteiger partial charge on any atom is 0.345 e. The smallest absolute Gasteiger partial charge is 0.345 e. The first-order valence-corrected chi connectivity index (χ1v) is 9.60. The van der Waals surface area contributed by atoms with Gasteiger partial charge in [0, 0.05) is 19.0 Å². The van der Waals surface area contributed by atoms with Gasteiger partial charge in [0.15, 0.2) is 0 Å². The third-order valence-corrected chi connectivity index (χ3v) is 4.82. The van der Waals surface area contributed by atoms with Crippen LogP contribution in [0.3, 0.4) is 0 Å². The number of nitrogens with two attached hydrogens (primary N) is 1. The SMILES string of the molecule is CC(C)/C(N)=N/C(=O)N1CCC([C@H](C)CCO[SH+](C)=O)CC1. The van der Waals surface area contributed by atoms with Crippen LogP contribution >= 0.6 is 0 Å². The maximum atomic E-state index is 12.0. The monoisotopic (exact) mass is 332 g/mol. The van der Waals surface area contributed by atoms with E-state index in [2.05, 4.69) is 11.9 Å². The highest BCUT2D eigenvalue weighted by molar-refractivity contribution is 7.79. The van der Waals surface area contributed by atoms with Crippen LogP contribution in [0.4, 0.5) is 4.79 Å². The van der Waals surface area contributed by atoms with Crippen molar-refractivity contribution in [3.8, 4) is 0 Å². The van der Waals surface area contributed by atoms with Crippen molar-refractivity contribution in [1.82, 2.24) is 4.90 Å². The summed E-state index contributed by atoms with van der Waals surface area (Å²) >= 11 is -1.51. The molecule has 0 aromatic heterocycles. The van der Waals surface area contributed by atoms with E-state index in [4.69, 9.17) is 9.92 Å².